The first-order chi connectivity index (χ1) is 16.9. The van der Waals surface area contributed by atoms with E-state index in [1.807, 2.05) is 4.57 Å². The van der Waals surface area contributed by atoms with Gasteiger partial charge in [0.2, 0.25) is 0 Å². The monoisotopic (exact) mass is 479 g/mol. The highest BCUT2D eigenvalue weighted by atomic mass is 19.1. The van der Waals surface area contributed by atoms with Crippen molar-refractivity contribution in [3.8, 4) is 17.2 Å². The van der Waals surface area contributed by atoms with E-state index in [9.17, 15) is 18.4 Å². The summed E-state index contributed by atoms with van der Waals surface area (Å²) >= 11 is 0. The summed E-state index contributed by atoms with van der Waals surface area (Å²) in [5.74, 6) is -2.39. The van der Waals surface area contributed by atoms with Crippen LogP contribution >= 0.6 is 0 Å². The van der Waals surface area contributed by atoms with Crippen molar-refractivity contribution in [1.29, 1.82) is 0 Å². The van der Waals surface area contributed by atoms with Gasteiger partial charge in [0.1, 0.15) is 29.5 Å². The average molecular weight is 479 g/mol. The fourth-order valence-corrected chi connectivity index (χ4v) is 3.62. The van der Waals surface area contributed by atoms with Gasteiger partial charge in [-0.25, -0.2) is 23.5 Å². The number of carbonyl (C=O) groups excluding carboxylic acids is 2. The molecule has 0 spiro atoms. The van der Waals surface area contributed by atoms with Crippen LogP contribution in [0, 0.1) is 17.6 Å². The van der Waals surface area contributed by atoms with Gasteiger partial charge in [0.05, 0.1) is 30.9 Å². The van der Waals surface area contributed by atoms with Crippen molar-refractivity contribution >= 4 is 17.7 Å². The highest BCUT2D eigenvalue weighted by Crippen LogP contribution is 2.32. The highest BCUT2D eigenvalue weighted by molar-refractivity contribution is 6.04. The second-order valence-corrected chi connectivity index (χ2v) is 8.04. The number of halogens is 2. The molecule has 0 bridgehead atoms. The number of amides is 1. The van der Waals surface area contributed by atoms with Gasteiger partial charge >= 0.3 is 5.97 Å². The summed E-state index contributed by atoms with van der Waals surface area (Å²) in [6.07, 6.45) is 6.28. The normalized spacial score (nSPS) is 13.0. The fraction of sp³-hybridized carbons (Fsp3) is 0.217. The van der Waals surface area contributed by atoms with Crippen molar-refractivity contribution in [1.82, 2.24) is 29.3 Å². The van der Waals surface area contributed by atoms with Gasteiger partial charge in [0.15, 0.2) is 11.5 Å². The Balaban J connectivity index is 1.43. The number of aromatic nitrogens is 6. The molecule has 1 aliphatic rings. The van der Waals surface area contributed by atoms with Crippen LogP contribution in [0.2, 0.25) is 0 Å². The topological polar surface area (TPSA) is 117 Å². The summed E-state index contributed by atoms with van der Waals surface area (Å²) in [5.41, 5.74) is -0.296. The molecule has 1 aromatic carbocycles. The molecule has 0 atom stereocenters. The van der Waals surface area contributed by atoms with Crippen LogP contribution in [0.4, 0.5) is 14.6 Å². The standard InChI is InChI=1S/C23H19F2N7O3/c1-35-23(34)19-9-26-11-32(19)18-7-14(15(24)8-16(18)25)22(33)29-20-4-2-3-17(28-20)21-30-27-12-31(21)10-13-5-6-13/h2-4,7-9,11-13H,5-6,10H2,1H3,(H,28,29,33). The van der Waals surface area contributed by atoms with E-state index in [1.54, 1.807) is 18.5 Å². The molecule has 0 aliphatic heterocycles. The van der Waals surface area contributed by atoms with Crippen LogP contribution in [0.25, 0.3) is 17.2 Å². The number of anilines is 1. The molecule has 10 nitrogen and oxygen atoms in total. The lowest BCUT2D eigenvalue weighted by molar-refractivity contribution is 0.0591. The number of nitrogens with one attached hydrogen (secondary N) is 1. The van der Waals surface area contributed by atoms with Crippen molar-refractivity contribution in [3.63, 3.8) is 0 Å². The second kappa shape index (κ2) is 9.05. The SMILES string of the molecule is COC(=O)c1cncn1-c1cc(C(=O)Nc2cccc(-c3nncn3CC3CC3)n2)c(F)cc1F. The second-order valence-electron chi connectivity index (χ2n) is 8.04. The summed E-state index contributed by atoms with van der Waals surface area (Å²) in [6, 6.07) is 6.50. The van der Waals surface area contributed by atoms with Crippen molar-refractivity contribution in [3.05, 3.63) is 72.1 Å². The molecule has 1 aliphatic carbocycles. The lowest BCUT2D eigenvalue weighted by Crippen LogP contribution is -2.17. The predicted octanol–water partition coefficient (Wildman–Crippen LogP) is 3.25. The largest absolute Gasteiger partial charge is 0.464 e. The molecule has 0 radical (unpaired) electrons. The fourth-order valence-electron chi connectivity index (χ4n) is 3.62. The molecule has 4 aromatic rings. The van der Waals surface area contributed by atoms with E-state index in [0.717, 1.165) is 43.5 Å². The van der Waals surface area contributed by atoms with Gasteiger partial charge in [0, 0.05) is 12.6 Å². The minimum Gasteiger partial charge on any atom is -0.464 e. The Morgan fingerprint density at radius 2 is 2.00 bits per heavy atom. The Morgan fingerprint density at radius 1 is 1.17 bits per heavy atom. The molecule has 35 heavy (non-hydrogen) atoms. The Hall–Kier alpha value is -4.48. The number of methoxy groups -OCH3 is 1. The Morgan fingerprint density at radius 3 is 2.77 bits per heavy atom. The Labute approximate surface area is 197 Å². The van der Waals surface area contributed by atoms with Crippen LogP contribution in [0.5, 0.6) is 0 Å². The first kappa shape index (κ1) is 22.3. The number of hydrogen-bond acceptors (Lipinski definition) is 7. The van der Waals surface area contributed by atoms with Gasteiger partial charge in [-0.15, -0.1) is 10.2 Å². The van der Waals surface area contributed by atoms with Gasteiger partial charge in [-0.1, -0.05) is 6.07 Å². The summed E-state index contributed by atoms with van der Waals surface area (Å²) in [7, 11) is 1.16. The quantitative estimate of drug-likeness (QED) is 0.405. The number of rotatable bonds is 7. The molecule has 1 N–H and O–H groups in total. The molecular weight excluding hydrogens is 460 g/mol. The average Bonchev–Trinajstić information content (AvgIpc) is 3.32. The van der Waals surface area contributed by atoms with Crippen LogP contribution in [-0.4, -0.2) is 48.3 Å². The van der Waals surface area contributed by atoms with Crippen LogP contribution < -0.4 is 5.32 Å². The van der Waals surface area contributed by atoms with Gasteiger partial charge in [-0.2, -0.15) is 0 Å². The van der Waals surface area contributed by atoms with E-state index in [-0.39, 0.29) is 17.2 Å². The highest BCUT2D eigenvalue weighted by Gasteiger charge is 2.24. The molecule has 0 unspecified atom stereocenters. The zero-order valence-corrected chi connectivity index (χ0v) is 18.5. The number of benzene rings is 1. The van der Waals surface area contributed by atoms with Crippen LogP contribution in [0.3, 0.4) is 0 Å². The maximum atomic E-state index is 14.6. The van der Waals surface area contributed by atoms with Gasteiger partial charge in [-0.3, -0.25) is 9.36 Å². The zero-order chi connectivity index (χ0) is 24.5. The molecule has 1 saturated carbocycles. The molecule has 12 heteroatoms. The summed E-state index contributed by atoms with van der Waals surface area (Å²) < 4.78 is 36.8. The smallest absolute Gasteiger partial charge is 0.356 e. The van der Waals surface area contributed by atoms with Gasteiger partial charge < -0.3 is 14.6 Å². The molecule has 3 heterocycles. The Bertz CT molecular complexity index is 1430. The maximum absolute atomic E-state index is 14.6. The first-order valence-electron chi connectivity index (χ1n) is 10.7. The van der Waals surface area contributed by atoms with E-state index in [4.69, 9.17) is 0 Å². The summed E-state index contributed by atoms with van der Waals surface area (Å²) in [6.45, 7) is 0.784. The lowest BCUT2D eigenvalue weighted by Gasteiger charge is -2.12. The first-order valence-corrected chi connectivity index (χ1v) is 10.7. The summed E-state index contributed by atoms with van der Waals surface area (Å²) in [5, 5.41) is 10.6. The van der Waals surface area contributed by atoms with E-state index >= 15 is 0 Å². The third kappa shape index (κ3) is 4.50. The minimum absolute atomic E-state index is 0.0888. The minimum atomic E-state index is -1.08. The number of esters is 1. The van der Waals surface area contributed by atoms with E-state index in [0.29, 0.717) is 23.5 Å². The van der Waals surface area contributed by atoms with Crippen LogP contribution in [0.15, 0.2) is 49.2 Å². The molecule has 178 valence electrons. The zero-order valence-electron chi connectivity index (χ0n) is 18.5. The van der Waals surface area contributed by atoms with Crippen molar-refractivity contribution < 1.29 is 23.1 Å². The van der Waals surface area contributed by atoms with Crippen LogP contribution in [0.1, 0.15) is 33.7 Å². The van der Waals surface area contributed by atoms with Crippen molar-refractivity contribution in [2.45, 2.75) is 19.4 Å². The number of imidazole rings is 1. The van der Waals surface area contributed by atoms with Crippen molar-refractivity contribution in [2.24, 2.45) is 5.92 Å². The number of pyridine rings is 1. The number of hydrogen-bond donors (Lipinski definition) is 1. The van der Waals surface area contributed by atoms with E-state index in [1.165, 1.54) is 12.3 Å². The third-order valence-corrected chi connectivity index (χ3v) is 5.56. The number of nitrogens with zero attached hydrogens (tertiary/aromatic N) is 6. The van der Waals surface area contributed by atoms with E-state index in [2.05, 4.69) is 30.2 Å². The maximum Gasteiger partial charge on any atom is 0.356 e. The molecule has 1 fully saturated rings. The third-order valence-electron chi connectivity index (χ3n) is 5.56. The molecular formula is C23H19F2N7O3. The molecule has 1 amide bonds. The van der Waals surface area contributed by atoms with Crippen LogP contribution in [-0.2, 0) is 11.3 Å². The lowest BCUT2D eigenvalue weighted by atomic mass is 10.1. The van der Waals surface area contributed by atoms with Gasteiger partial charge in [0.25, 0.3) is 5.91 Å². The predicted molar refractivity (Wildman–Crippen MR) is 119 cm³/mol. The number of ether oxygens (including phenoxy) is 1. The molecule has 0 saturated heterocycles. The molecule has 5 rings (SSSR count). The molecule has 3 aromatic heterocycles. The Kier molecular flexibility index (Phi) is 5.77. The van der Waals surface area contributed by atoms with E-state index < -0.39 is 29.1 Å². The number of carbonyl (C=O) groups is 2. The summed E-state index contributed by atoms with van der Waals surface area (Å²) in [4.78, 5) is 33.1. The van der Waals surface area contributed by atoms with Gasteiger partial charge in [-0.05, 0) is 37.0 Å². The van der Waals surface area contributed by atoms with Crippen molar-refractivity contribution in [2.75, 3.05) is 12.4 Å².